The number of nitrogens with zero attached hydrogens (tertiary/aromatic N) is 2. The molecule has 4 aliphatic rings. The smallest absolute Gasteiger partial charge is 0.229 e. The first-order valence-electron chi connectivity index (χ1n) is 9.47. The molecule has 0 aliphatic carbocycles. The molecule has 148 valence electrons. The van der Waals surface area contributed by atoms with Gasteiger partial charge in [0.25, 0.3) is 0 Å². The van der Waals surface area contributed by atoms with Gasteiger partial charge < -0.3 is 16.4 Å². The molecule has 4 heterocycles. The quantitative estimate of drug-likeness (QED) is 0.271. The van der Waals surface area contributed by atoms with Gasteiger partial charge in [0.05, 0.1) is 37.1 Å². The van der Waals surface area contributed by atoms with E-state index in [2.05, 4.69) is 44.1 Å². The third-order valence-electron chi connectivity index (χ3n) is 5.83. The van der Waals surface area contributed by atoms with E-state index in [-0.39, 0.29) is 43.4 Å². The molecule has 7 atom stereocenters. The zero-order chi connectivity index (χ0) is 18.3. The van der Waals surface area contributed by atoms with Crippen LogP contribution in [0.5, 0.6) is 0 Å². The Bertz CT molecular complexity index is 525. The second-order valence-electron chi connectivity index (χ2n) is 7.58. The van der Waals surface area contributed by atoms with Crippen LogP contribution in [0.25, 0.3) is 0 Å². The van der Waals surface area contributed by atoms with Gasteiger partial charge in [-0.25, -0.2) is 25.3 Å². The number of hydrogen-bond acceptors (Lipinski definition) is 9. The summed E-state index contributed by atoms with van der Waals surface area (Å²) in [4.78, 5) is 13.0. The van der Waals surface area contributed by atoms with Crippen LogP contribution in [0, 0.1) is 5.92 Å². The van der Waals surface area contributed by atoms with Gasteiger partial charge in [-0.05, 0) is 19.9 Å². The lowest BCUT2D eigenvalue weighted by atomic mass is 9.96. The number of carbonyl (C=O) groups excluding carboxylic acids is 1. The largest absolute Gasteiger partial charge is 0.350 e. The minimum atomic E-state index is -0.963. The molecule has 8 N–H and O–H groups in total. The lowest BCUT2D eigenvalue weighted by molar-refractivity contribution is -0.128. The van der Waals surface area contributed by atoms with Crippen molar-refractivity contribution in [3.63, 3.8) is 0 Å². The minimum absolute atomic E-state index is 0.0233. The van der Waals surface area contributed by atoms with Crippen LogP contribution in [0.1, 0.15) is 13.3 Å². The van der Waals surface area contributed by atoms with Gasteiger partial charge in [-0.3, -0.25) is 15.4 Å². The van der Waals surface area contributed by atoms with Crippen molar-refractivity contribution in [1.29, 1.82) is 0 Å². The van der Waals surface area contributed by atoms with Crippen molar-refractivity contribution in [3.05, 3.63) is 0 Å². The Kier molecular flexibility index (Phi) is 5.39. The molecule has 26 heavy (non-hydrogen) atoms. The fourth-order valence-electron chi connectivity index (χ4n) is 4.51. The first-order valence-corrected chi connectivity index (χ1v) is 9.47. The number of alkyl halides is 1. The van der Waals surface area contributed by atoms with E-state index in [4.69, 9.17) is 5.73 Å². The normalized spacial score (nSPS) is 44.8. The van der Waals surface area contributed by atoms with Crippen LogP contribution in [0.3, 0.4) is 0 Å². The van der Waals surface area contributed by atoms with Crippen molar-refractivity contribution in [3.8, 4) is 0 Å². The summed E-state index contributed by atoms with van der Waals surface area (Å²) in [5.74, 6) is -0.562. The number of halogens is 1. The molecule has 10 nitrogen and oxygen atoms in total. The molecule has 0 spiro atoms. The molecule has 4 saturated heterocycles. The van der Waals surface area contributed by atoms with Gasteiger partial charge in [0.2, 0.25) is 5.91 Å². The summed E-state index contributed by atoms with van der Waals surface area (Å²) in [6.07, 6.45) is -0.619. The highest BCUT2D eigenvalue weighted by atomic mass is 19.1. The van der Waals surface area contributed by atoms with E-state index in [1.807, 2.05) is 0 Å². The summed E-state index contributed by atoms with van der Waals surface area (Å²) in [5, 5.41) is 16.9. The maximum Gasteiger partial charge on any atom is 0.229 e. The fourth-order valence-corrected chi connectivity index (χ4v) is 4.51. The summed E-state index contributed by atoms with van der Waals surface area (Å²) < 4.78 is 13.6. The van der Waals surface area contributed by atoms with Gasteiger partial charge in [0.1, 0.15) is 6.17 Å². The summed E-state index contributed by atoms with van der Waals surface area (Å²) in [6.45, 7) is 4.95. The summed E-state index contributed by atoms with van der Waals surface area (Å²) in [7, 11) is 0. The van der Waals surface area contributed by atoms with Gasteiger partial charge in [-0.1, -0.05) is 0 Å². The Balaban J connectivity index is 1.42. The van der Waals surface area contributed by atoms with E-state index in [9.17, 15) is 9.18 Å². The first-order chi connectivity index (χ1) is 12.5. The summed E-state index contributed by atoms with van der Waals surface area (Å²) in [6, 6.07) is 0.172. The van der Waals surface area contributed by atoms with Crippen molar-refractivity contribution < 1.29 is 9.18 Å². The van der Waals surface area contributed by atoms with E-state index in [1.54, 1.807) is 5.01 Å². The van der Waals surface area contributed by atoms with Crippen molar-refractivity contribution in [2.75, 3.05) is 32.8 Å². The Labute approximate surface area is 152 Å². The van der Waals surface area contributed by atoms with Crippen molar-refractivity contribution in [1.82, 2.24) is 42.1 Å². The first kappa shape index (κ1) is 18.4. The number of carbonyl (C=O) groups is 1. The number of nitrogens with two attached hydrogens (primary N) is 1. The number of piperidine rings is 1. The van der Waals surface area contributed by atoms with Crippen molar-refractivity contribution >= 4 is 5.91 Å². The Morgan fingerprint density at radius 2 is 2.15 bits per heavy atom. The number of rotatable bonds is 3. The molecule has 0 aromatic carbocycles. The monoisotopic (exact) mass is 371 g/mol. The molecule has 0 bridgehead atoms. The number of fused-ring (bicyclic) bond motifs is 1. The van der Waals surface area contributed by atoms with Crippen molar-refractivity contribution in [2.45, 2.75) is 50.1 Å². The highest BCUT2D eigenvalue weighted by Gasteiger charge is 2.48. The molecule has 7 unspecified atom stereocenters. The molecule has 0 saturated carbocycles. The van der Waals surface area contributed by atoms with Crippen LogP contribution in [0.2, 0.25) is 0 Å². The van der Waals surface area contributed by atoms with E-state index in [1.165, 1.54) is 0 Å². The van der Waals surface area contributed by atoms with Crippen LogP contribution >= 0.6 is 0 Å². The van der Waals surface area contributed by atoms with E-state index in [0.29, 0.717) is 6.54 Å². The Morgan fingerprint density at radius 1 is 1.31 bits per heavy atom. The maximum atomic E-state index is 13.6. The zero-order valence-electron chi connectivity index (χ0n) is 15.0. The van der Waals surface area contributed by atoms with Gasteiger partial charge in [0, 0.05) is 25.7 Å². The van der Waals surface area contributed by atoms with Gasteiger partial charge in [0.15, 0.2) is 0 Å². The summed E-state index contributed by atoms with van der Waals surface area (Å²) in [5.41, 5.74) is 12.5. The average Bonchev–Trinajstić information content (AvgIpc) is 3.17. The maximum absolute atomic E-state index is 13.6. The van der Waals surface area contributed by atoms with Gasteiger partial charge >= 0.3 is 0 Å². The number of nitrogens with one attached hydrogen (secondary N) is 6. The molecule has 0 radical (unpaired) electrons. The minimum Gasteiger partial charge on any atom is -0.350 e. The number of hydrazine groups is 2. The fraction of sp³-hybridized carbons (Fsp3) is 0.933. The molecule has 11 heteroatoms. The molecule has 0 aromatic rings. The standard InChI is InChI=1S/C15H30FN9O/c1-8-20-7-21-25(8)11-2-3-18-5-10(11)22-15(26)12-13(17)23-24-6-9(16)4-19-14(12)24/h8-14,18-21,23H,2-7,17H2,1H3,(H,22,26). The molecule has 1 amide bonds. The van der Waals surface area contributed by atoms with Crippen LogP contribution < -0.4 is 37.9 Å². The second kappa shape index (κ2) is 7.60. The molecular weight excluding hydrogens is 341 g/mol. The second-order valence-corrected chi connectivity index (χ2v) is 7.58. The highest BCUT2D eigenvalue weighted by Crippen LogP contribution is 2.23. The molecule has 4 fully saturated rings. The van der Waals surface area contributed by atoms with E-state index in [0.717, 1.165) is 19.6 Å². The molecule has 4 rings (SSSR count). The molecule has 0 aromatic heterocycles. The highest BCUT2D eigenvalue weighted by molar-refractivity contribution is 5.81. The third kappa shape index (κ3) is 3.45. The van der Waals surface area contributed by atoms with Crippen LogP contribution in [-0.4, -0.2) is 85.5 Å². The molecule has 4 aliphatic heterocycles. The van der Waals surface area contributed by atoms with Gasteiger partial charge in [-0.2, -0.15) is 0 Å². The average molecular weight is 371 g/mol. The Hall–Kier alpha value is -0.920. The van der Waals surface area contributed by atoms with Crippen LogP contribution in [0.4, 0.5) is 4.39 Å². The lowest BCUT2D eigenvalue weighted by Gasteiger charge is -2.40. The van der Waals surface area contributed by atoms with E-state index < -0.39 is 18.3 Å². The third-order valence-corrected chi connectivity index (χ3v) is 5.83. The number of amides is 1. The van der Waals surface area contributed by atoms with Crippen LogP contribution in [-0.2, 0) is 4.79 Å². The zero-order valence-corrected chi connectivity index (χ0v) is 15.0. The topological polar surface area (TPSA) is 122 Å². The Morgan fingerprint density at radius 3 is 2.92 bits per heavy atom. The molecular formula is C15H30FN9O. The predicted octanol–water partition coefficient (Wildman–Crippen LogP) is -3.46. The lowest BCUT2D eigenvalue weighted by Crippen LogP contribution is -2.65. The number of hydrogen-bond donors (Lipinski definition) is 7. The predicted molar refractivity (Wildman–Crippen MR) is 93.6 cm³/mol. The van der Waals surface area contributed by atoms with E-state index >= 15 is 0 Å². The van der Waals surface area contributed by atoms with Gasteiger partial charge in [-0.15, -0.1) is 0 Å². The summed E-state index contributed by atoms with van der Waals surface area (Å²) >= 11 is 0. The van der Waals surface area contributed by atoms with Crippen LogP contribution in [0.15, 0.2) is 0 Å². The SMILES string of the molecule is CC1NCNN1C1CCNCC1NC(=O)C1C(N)NN2CC(F)CNC12. The van der Waals surface area contributed by atoms with Crippen molar-refractivity contribution in [2.24, 2.45) is 11.7 Å².